The molecule has 9 rings (SSSR count). The van der Waals surface area contributed by atoms with Crippen LogP contribution < -0.4 is 0 Å². The second-order valence-electron chi connectivity index (χ2n) is 14.3. The van der Waals surface area contributed by atoms with E-state index in [1.54, 1.807) is 5.57 Å². The van der Waals surface area contributed by atoms with Crippen LogP contribution in [0.15, 0.2) is 60.0 Å². The first kappa shape index (κ1) is 22.8. The molecule has 7 aliphatic rings. The van der Waals surface area contributed by atoms with E-state index in [2.05, 4.69) is 53.2 Å². The van der Waals surface area contributed by atoms with Crippen LogP contribution in [0.2, 0.25) is 0 Å². The number of hydrogen-bond donors (Lipinski definition) is 0. The molecular weight excluding hydrogens is 468 g/mol. The summed E-state index contributed by atoms with van der Waals surface area (Å²) in [5.74, 6) is 1.18. The second-order valence-corrected chi connectivity index (χ2v) is 14.3. The van der Waals surface area contributed by atoms with Crippen molar-refractivity contribution in [2.24, 2.45) is 16.7 Å². The van der Waals surface area contributed by atoms with Crippen molar-refractivity contribution in [1.29, 1.82) is 0 Å². The molecule has 1 aromatic carbocycles. The molecule has 38 heavy (non-hydrogen) atoms. The van der Waals surface area contributed by atoms with Crippen molar-refractivity contribution in [3.05, 3.63) is 65.5 Å². The van der Waals surface area contributed by atoms with Gasteiger partial charge in [0.25, 0.3) is 0 Å². The molecule has 4 heteroatoms. The van der Waals surface area contributed by atoms with Gasteiger partial charge in [0, 0.05) is 35.8 Å². The lowest BCUT2D eigenvalue weighted by Crippen LogP contribution is -2.55. The average molecular weight is 509 g/mol. The third-order valence-corrected chi connectivity index (χ3v) is 12.5. The van der Waals surface area contributed by atoms with Gasteiger partial charge >= 0.3 is 0 Å². The Morgan fingerprint density at radius 2 is 1.97 bits per heavy atom. The molecule has 1 unspecified atom stereocenters. The van der Waals surface area contributed by atoms with Crippen LogP contribution in [0.4, 0.5) is 0 Å². The van der Waals surface area contributed by atoms with Crippen molar-refractivity contribution >= 4 is 10.8 Å². The topological polar surface area (TPSA) is 34.6 Å². The summed E-state index contributed by atoms with van der Waals surface area (Å²) in [6.45, 7) is 7.05. The molecule has 2 saturated carbocycles. The van der Waals surface area contributed by atoms with Crippen molar-refractivity contribution < 1.29 is 9.47 Å². The van der Waals surface area contributed by atoms with E-state index in [0.29, 0.717) is 23.3 Å². The summed E-state index contributed by atoms with van der Waals surface area (Å²) in [5.41, 5.74) is 5.29. The highest BCUT2D eigenvalue weighted by atomic mass is 16.5. The van der Waals surface area contributed by atoms with Gasteiger partial charge < -0.3 is 9.47 Å². The minimum Gasteiger partial charge on any atom is -0.380 e. The Bertz CT molecular complexity index is 1390. The molecule has 4 aliphatic heterocycles. The van der Waals surface area contributed by atoms with Crippen LogP contribution in [-0.4, -0.2) is 53.4 Å². The van der Waals surface area contributed by atoms with E-state index in [9.17, 15) is 0 Å². The number of pyridine rings is 1. The number of fused-ring (bicyclic) bond motifs is 2. The largest absolute Gasteiger partial charge is 0.380 e. The molecule has 5 heterocycles. The third kappa shape index (κ3) is 2.90. The summed E-state index contributed by atoms with van der Waals surface area (Å²) < 4.78 is 13.2. The number of likely N-dealkylation sites (tertiary alicyclic amines) is 1. The smallest absolute Gasteiger partial charge is 0.0974 e. The van der Waals surface area contributed by atoms with Gasteiger partial charge in [0.1, 0.15) is 0 Å². The first-order valence-corrected chi connectivity index (χ1v) is 15.3. The van der Waals surface area contributed by atoms with Crippen molar-refractivity contribution in [2.75, 3.05) is 26.3 Å². The third-order valence-electron chi connectivity index (χ3n) is 12.5. The van der Waals surface area contributed by atoms with Gasteiger partial charge in [0.05, 0.1) is 24.4 Å². The molecule has 0 amide bonds. The number of ether oxygens (including phenoxy) is 2. The quantitative estimate of drug-likeness (QED) is 0.460. The fraction of sp³-hybridized carbons (Fsp3) is 0.618. The zero-order valence-electron chi connectivity index (χ0n) is 22.8. The highest BCUT2D eigenvalue weighted by Gasteiger charge is 2.67. The lowest BCUT2D eigenvalue weighted by atomic mass is 9.58. The summed E-state index contributed by atoms with van der Waals surface area (Å²) in [7, 11) is 0. The van der Waals surface area contributed by atoms with Crippen LogP contribution in [0, 0.1) is 16.7 Å². The van der Waals surface area contributed by atoms with Crippen LogP contribution in [0.3, 0.4) is 0 Å². The highest BCUT2D eigenvalue weighted by molar-refractivity contribution is 5.82. The second kappa shape index (κ2) is 7.59. The molecule has 3 aliphatic carbocycles. The number of nitrogens with zero attached hydrogens (tertiary/aromatic N) is 2. The van der Waals surface area contributed by atoms with Gasteiger partial charge in [-0.2, -0.15) is 0 Å². The zero-order chi connectivity index (χ0) is 25.2. The van der Waals surface area contributed by atoms with E-state index < -0.39 is 0 Å². The molecule has 6 atom stereocenters. The SMILES string of the molecule is C[C@]12CC=C3C=C4CC[C@@H](N5CCC6(COC6)C5)C[C@]45CC[C@]3(O5)[C@@H]1CCC2c1ccc2ccncc2c1. The Morgan fingerprint density at radius 1 is 1.03 bits per heavy atom. The van der Waals surface area contributed by atoms with Crippen molar-refractivity contribution in [1.82, 2.24) is 9.88 Å². The summed E-state index contributed by atoms with van der Waals surface area (Å²) in [6, 6.07) is 9.93. The molecule has 5 fully saturated rings. The number of benzene rings is 1. The number of aromatic nitrogens is 1. The first-order valence-electron chi connectivity index (χ1n) is 15.3. The molecule has 3 spiro atoms. The summed E-state index contributed by atoms with van der Waals surface area (Å²) >= 11 is 0. The van der Waals surface area contributed by atoms with Gasteiger partial charge in [-0.3, -0.25) is 9.88 Å². The maximum atomic E-state index is 7.60. The van der Waals surface area contributed by atoms with Crippen LogP contribution in [0.1, 0.15) is 76.2 Å². The standard InChI is InChI=1S/C34H40N2O2/c1-31-10-8-27-17-26-4-5-28(36-15-13-32(20-36)21-37-22-32)18-33(26)11-12-34(27,38-33)30(31)7-6-29(31)24-3-2-23-9-14-35-19-25(23)16-24/h2-3,8-9,14,16-17,19,28-30H,4-7,10-13,15,18,20-22H2,1H3/t28-,29?,30-,31-,33-,34-/m1/s1. The Morgan fingerprint density at radius 3 is 2.84 bits per heavy atom. The predicted octanol–water partition coefficient (Wildman–Crippen LogP) is 6.57. The molecule has 198 valence electrons. The molecular formula is C34H40N2O2. The Labute approximate surface area is 226 Å². The van der Waals surface area contributed by atoms with E-state index in [1.807, 2.05) is 12.4 Å². The van der Waals surface area contributed by atoms with Gasteiger partial charge in [0.2, 0.25) is 0 Å². The summed E-state index contributed by atoms with van der Waals surface area (Å²) in [4.78, 5) is 7.22. The Hall–Kier alpha value is -2.01. The Balaban J connectivity index is 1.03. The summed E-state index contributed by atoms with van der Waals surface area (Å²) in [6.07, 6.45) is 20.4. The van der Waals surface area contributed by atoms with Gasteiger partial charge in [0.15, 0.2) is 0 Å². The van der Waals surface area contributed by atoms with Gasteiger partial charge in [-0.1, -0.05) is 31.2 Å². The molecule has 0 N–H and O–H groups in total. The molecule has 0 radical (unpaired) electrons. The van der Waals surface area contributed by atoms with Crippen LogP contribution in [-0.2, 0) is 9.47 Å². The monoisotopic (exact) mass is 508 g/mol. The molecule has 3 saturated heterocycles. The predicted molar refractivity (Wildman–Crippen MR) is 149 cm³/mol. The maximum Gasteiger partial charge on any atom is 0.0974 e. The Kier molecular flexibility index (Phi) is 4.55. The van der Waals surface area contributed by atoms with E-state index >= 15 is 0 Å². The normalized spacial score (nSPS) is 42.8. The van der Waals surface area contributed by atoms with Gasteiger partial charge in [-0.15, -0.1) is 0 Å². The number of hydrogen-bond acceptors (Lipinski definition) is 4. The van der Waals surface area contributed by atoms with Crippen LogP contribution in [0.5, 0.6) is 0 Å². The molecule has 1 aromatic heterocycles. The van der Waals surface area contributed by atoms with E-state index in [1.165, 1.54) is 92.8 Å². The van der Waals surface area contributed by atoms with E-state index in [0.717, 1.165) is 13.2 Å². The van der Waals surface area contributed by atoms with Crippen molar-refractivity contribution in [3.63, 3.8) is 0 Å². The van der Waals surface area contributed by atoms with Crippen molar-refractivity contribution in [2.45, 2.75) is 87.9 Å². The van der Waals surface area contributed by atoms with Gasteiger partial charge in [-0.05, 0) is 116 Å². The van der Waals surface area contributed by atoms with Crippen molar-refractivity contribution in [3.8, 4) is 0 Å². The van der Waals surface area contributed by atoms with Crippen LogP contribution >= 0.6 is 0 Å². The van der Waals surface area contributed by atoms with Crippen LogP contribution in [0.25, 0.3) is 10.8 Å². The number of rotatable bonds is 2. The first-order chi connectivity index (χ1) is 18.5. The molecule has 4 nitrogen and oxygen atoms in total. The number of allylic oxidation sites excluding steroid dienone is 1. The average Bonchev–Trinajstić information content (AvgIpc) is 3.61. The van der Waals surface area contributed by atoms with E-state index in [-0.39, 0.29) is 16.6 Å². The fourth-order valence-corrected chi connectivity index (χ4v) is 10.5. The zero-order valence-corrected chi connectivity index (χ0v) is 22.8. The van der Waals surface area contributed by atoms with Gasteiger partial charge in [-0.25, -0.2) is 0 Å². The lowest BCUT2D eigenvalue weighted by molar-refractivity contribution is -0.142. The minimum atomic E-state index is -0.0699. The summed E-state index contributed by atoms with van der Waals surface area (Å²) in [5, 5.41) is 2.56. The highest BCUT2D eigenvalue weighted by Crippen LogP contribution is 2.69. The fourth-order valence-electron chi connectivity index (χ4n) is 10.5. The maximum absolute atomic E-state index is 7.60. The van der Waals surface area contributed by atoms with E-state index in [4.69, 9.17) is 9.47 Å². The molecule has 2 aromatic rings. The minimum absolute atomic E-state index is 0.0168. The lowest BCUT2D eigenvalue weighted by Gasteiger charge is -2.55. The molecule has 2 bridgehead atoms.